The molecule has 1 atom stereocenters. The lowest BCUT2D eigenvalue weighted by molar-refractivity contribution is 0.441. The van der Waals surface area contributed by atoms with E-state index in [1.807, 2.05) is 7.05 Å². The molecule has 8 heteroatoms. The summed E-state index contributed by atoms with van der Waals surface area (Å²) in [4.78, 5) is 0. The van der Waals surface area contributed by atoms with E-state index in [0.717, 1.165) is 18.5 Å². The Hall–Kier alpha value is -0.960. The van der Waals surface area contributed by atoms with Crippen molar-refractivity contribution < 1.29 is 8.42 Å². The molecule has 0 aromatic carbocycles. The molecule has 7 nitrogen and oxygen atoms in total. The predicted octanol–water partition coefficient (Wildman–Crippen LogP) is -0.154. The van der Waals surface area contributed by atoms with Crippen LogP contribution in [0.15, 0.2) is 12.4 Å². The van der Waals surface area contributed by atoms with Crippen LogP contribution in [0.25, 0.3) is 0 Å². The molecule has 1 unspecified atom stereocenters. The minimum Gasteiger partial charge on any atom is -0.320 e. The summed E-state index contributed by atoms with van der Waals surface area (Å²) in [5.41, 5.74) is 0.808. The van der Waals surface area contributed by atoms with Crippen molar-refractivity contribution in [1.29, 1.82) is 0 Å². The summed E-state index contributed by atoms with van der Waals surface area (Å²) in [7, 11) is -0.0416. The van der Waals surface area contributed by atoms with Crippen molar-refractivity contribution in [1.82, 2.24) is 24.5 Å². The lowest BCUT2D eigenvalue weighted by Crippen LogP contribution is -2.40. The van der Waals surface area contributed by atoms with Crippen LogP contribution in [-0.4, -0.2) is 50.1 Å². The Balaban J connectivity index is 2.53. The van der Waals surface area contributed by atoms with Crippen molar-refractivity contribution >= 4 is 10.2 Å². The smallest absolute Gasteiger partial charge is 0.279 e. The Morgan fingerprint density at radius 2 is 2.28 bits per heavy atom. The second kappa shape index (κ2) is 6.83. The van der Waals surface area contributed by atoms with E-state index in [9.17, 15) is 8.42 Å². The number of hydrogen-bond donors (Lipinski definition) is 3. The Kier molecular flexibility index (Phi) is 5.73. The molecule has 0 aliphatic carbocycles. The number of H-pyrrole nitrogens is 1. The topological polar surface area (TPSA) is 90.1 Å². The number of rotatable bonds is 8. The fourth-order valence-corrected chi connectivity index (χ4v) is 2.61. The lowest BCUT2D eigenvalue weighted by Gasteiger charge is -2.20. The van der Waals surface area contributed by atoms with Crippen LogP contribution in [0.1, 0.15) is 24.9 Å². The molecule has 0 aliphatic rings. The van der Waals surface area contributed by atoms with E-state index >= 15 is 0 Å². The highest BCUT2D eigenvalue weighted by Crippen LogP contribution is 2.11. The van der Waals surface area contributed by atoms with Gasteiger partial charge in [-0.2, -0.15) is 22.5 Å². The summed E-state index contributed by atoms with van der Waals surface area (Å²) in [6.07, 6.45) is 4.05. The molecule has 0 aliphatic heterocycles. The quantitative estimate of drug-likeness (QED) is 0.575. The van der Waals surface area contributed by atoms with E-state index < -0.39 is 10.2 Å². The first-order chi connectivity index (χ1) is 8.47. The van der Waals surface area contributed by atoms with E-state index in [0.29, 0.717) is 6.54 Å². The van der Waals surface area contributed by atoms with Gasteiger partial charge in [-0.05, 0) is 26.9 Å². The van der Waals surface area contributed by atoms with Gasteiger partial charge in [0.25, 0.3) is 10.2 Å². The average molecular weight is 275 g/mol. The highest BCUT2D eigenvalue weighted by molar-refractivity contribution is 7.87. The van der Waals surface area contributed by atoms with Gasteiger partial charge in [-0.1, -0.05) is 0 Å². The molecule has 0 saturated carbocycles. The van der Waals surface area contributed by atoms with Gasteiger partial charge in [0, 0.05) is 31.4 Å². The summed E-state index contributed by atoms with van der Waals surface area (Å²) in [6, 6.07) is -0.305. The van der Waals surface area contributed by atoms with E-state index in [4.69, 9.17) is 0 Å². The fourth-order valence-electron chi connectivity index (χ4n) is 1.48. The summed E-state index contributed by atoms with van der Waals surface area (Å²) >= 11 is 0. The van der Waals surface area contributed by atoms with Crippen LogP contribution in [0.5, 0.6) is 0 Å². The van der Waals surface area contributed by atoms with Gasteiger partial charge in [-0.25, -0.2) is 0 Å². The first-order valence-corrected chi connectivity index (χ1v) is 7.28. The fraction of sp³-hybridized carbons (Fsp3) is 0.700. The number of hydrogen-bond acceptors (Lipinski definition) is 4. The van der Waals surface area contributed by atoms with Crippen LogP contribution in [0, 0.1) is 0 Å². The predicted molar refractivity (Wildman–Crippen MR) is 70.2 cm³/mol. The SMILES string of the molecule is CNCCCN(C)S(=O)(=O)NC(C)c1cn[nH]c1. The Labute approximate surface area is 108 Å². The molecular weight excluding hydrogens is 254 g/mol. The maximum atomic E-state index is 12.0. The van der Waals surface area contributed by atoms with Crippen LogP contribution in [0.3, 0.4) is 0 Å². The molecule has 0 bridgehead atoms. The number of aromatic nitrogens is 2. The van der Waals surface area contributed by atoms with Crippen LogP contribution in [-0.2, 0) is 10.2 Å². The van der Waals surface area contributed by atoms with E-state index in [1.54, 1.807) is 26.4 Å². The molecule has 0 saturated heterocycles. The zero-order chi connectivity index (χ0) is 13.6. The number of nitrogens with one attached hydrogen (secondary N) is 3. The lowest BCUT2D eigenvalue weighted by atomic mass is 10.2. The van der Waals surface area contributed by atoms with Gasteiger partial charge in [0.15, 0.2) is 0 Å². The Bertz CT molecular complexity index is 431. The molecule has 3 N–H and O–H groups in total. The maximum Gasteiger partial charge on any atom is 0.279 e. The van der Waals surface area contributed by atoms with Gasteiger partial charge in [-0.15, -0.1) is 0 Å². The largest absolute Gasteiger partial charge is 0.320 e. The second-order valence-electron chi connectivity index (χ2n) is 4.15. The molecule has 1 aromatic rings. The minimum absolute atomic E-state index is 0.305. The van der Waals surface area contributed by atoms with Crippen molar-refractivity contribution in [3.8, 4) is 0 Å². The average Bonchev–Trinajstić information content (AvgIpc) is 2.82. The molecular formula is C10H21N5O2S. The molecule has 104 valence electrons. The van der Waals surface area contributed by atoms with Gasteiger partial charge >= 0.3 is 0 Å². The first kappa shape index (κ1) is 15.1. The summed E-state index contributed by atoms with van der Waals surface area (Å²) in [5, 5.41) is 9.44. The van der Waals surface area contributed by atoms with Gasteiger partial charge in [-0.3, -0.25) is 5.10 Å². The highest BCUT2D eigenvalue weighted by Gasteiger charge is 2.20. The molecule has 0 radical (unpaired) electrons. The van der Waals surface area contributed by atoms with Crippen LogP contribution < -0.4 is 10.0 Å². The van der Waals surface area contributed by atoms with Gasteiger partial charge in [0.05, 0.1) is 6.20 Å². The van der Waals surface area contributed by atoms with Gasteiger partial charge < -0.3 is 5.32 Å². The molecule has 18 heavy (non-hydrogen) atoms. The van der Waals surface area contributed by atoms with E-state index in [1.165, 1.54) is 4.31 Å². The number of aromatic amines is 1. The highest BCUT2D eigenvalue weighted by atomic mass is 32.2. The van der Waals surface area contributed by atoms with E-state index in [-0.39, 0.29) is 6.04 Å². The van der Waals surface area contributed by atoms with Crippen molar-refractivity contribution in [3.05, 3.63) is 18.0 Å². The van der Waals surface area contributed by atoms with Gasteiger partial charge in [0.1, 0.15) is 0 Å². The van der Waals surface area contributed by atoms with Crippen molar-refractivity contribution in [2.24, 2.45) is 0 Å². The van der Waals surface area contributed by atoms with Crippen LogP contribution >= 0.6 is 0 Å². The third-order valence-electron chi connectivity index (χ3n) is 2.66. The van der Waals surface area contributed by atoms with Crippen LogP contribution in [0.4, 0.5) is 0 Å². The minimum atomic E-state index is -3.45. The van der Waals surface area contributed by atoms with Crippen LogP contribution in [0.2, 0.25) is 0 Å². The van der Waals surface area contributed by atoms with Gasteiger partial charge in [0.2, 0.25) is 0 Å². The zero-order valence-corrected chi connectivity index (χ0v) is 11.8. The third kappa shape index (κ3) is 4.37. The Morgan fingerprint density at radius 3 is 2.83 bits per heavy atom. The molecule has 0 fully saturated rings. The normalized spacial score (nSPS) is 14.0. The number of nitrogens with zero attached hydrogens (tertiary/aromatic N) is 2. The second-order valence-corrected chi connectivity index (χ2v) is 5.96. The standard InChI is InChI=1S/C10H21N5O2S/c1-9(10-7-12-13-8-10)14-18(16,17)15(3)6-4-5-11-2/h7-9,11,14H,4-6H2,1-3H3,(H,12,13). The Morgan fingerprint density at radius 1 is 1.56 bits per heavy atom. The maximum absolute atomic E-state index is 12.0. The molecule has 0 spiro atoms. The monoisotopic (exact) mass is 275 g/mol. The molecule has 1 heterocycles. The molecule has 0 amide bonds. The molecule has 1 aromatic heterocycles. The third-order valence-corrected chi connectivity index (χ3v) is 4.31. The van der Waals surface area contributed by atoms with E-state index in [2.05, 4.69) is 20.2 Å². The molecule has 1 rings (SSSR count). The van der Waals surface area contributed by atoms with Crippen molar-refractivity contribution in [2.45, 2.75) is 19.4 Å². The zero-order valence-electron chi connectivity index (χ0n) is 11.0. The van der Waals surface area contributed by atoms with Crippen molar-refractivity contribution in [3.63, 3.8) is 0 Å². The summed E-state index contributed by atoms with van der Waals surface area (Å²) < 4.78 is 27.9. The first-order valence-electron chi connectivity index (χ1n) is 5.84. The summed E-state index contributed by atoms with van der Waals surface area (Å²) in [5.74, 6) is 0. The summed E-state index contributed by atoms with van der Waals surface area (Å²) in [6.45, 7) is 3.05. The van der Waals surface area contributed by atoms with Crippen molar-refractivity contribution in [2.75, 3.05) is 27.2 Å².